The fraction of sp³-hybridized carbons (Fsp3) is 0.909. The molecule has 1 saturated carbocycles. The average molecular weight is 180 g/mol. The van der Waals surface area contributed by atoms with Crippen LogP contribution < -0.4 is 5.32 Å². The van der Waals surface area contributed by atoms with Crippen LogP contribution in [0.15, 0.2) is 0 Å². The van der Waals surface area contributed by atoms with Crippen LogP contribution in [0.5, 0.6) is 0 Å². The van der Waals surface area contributed by atoms with Crippen molar-refractivity contribution < 1.29 is 0 Å². The molecule has 13 heavy (non-hydrogen) atoms. The number of nitrogens with zero attached hydrogens (tertiary/aromatic N) is 1. The van der Waals surface area contributed by atoms with Crippen molar-refractivity contribution in [1.82, 2.24) is 5.32 Å². The van der Waals surface area contributed by atoms with Gasteiger partial charge in [0.1, 0.15) is 0 Å². The van der Waals surface area contributed by atoms with Crippen LogP contribution in [0.25, 0.3) is 0 Å². The van der Waals surface area contributed by atoms with Crippen molar-refractivity contribution in [2.45, 2.75) is 58.0 Å². The van der Waals surface area contributed by atoms with E-state index in [1.54, 1.807) is 0 Å². The molecule has 2 atom stereocenters. The minimum atomic E-state index is -0.00285. The molecule has 0 bridgehead atoms. The maximum atomic E-state index is 8.67. The summed E-state index contributed by atoms with van der Waals surface area (Å²) in [6.45, 7) is 4.14. The number of rotatable bonds is 3. The average Bonchev–Trinajstić information content (AvgIpc) is 2.19. The zero-order valence-electron chi connectivity index (χ0n) is 8.71. The van der Waals surface area contributed by atoms with E-state index in [4.69, 9.17) is 5.26 Å². The van der Waals surface area contributed by atoms with E-state index in [0.717, 1.165) is 5.92 Å². The molecule has 0 heterocycles. The second-order valence-electron chi connectivity index (χ2n) is 4.20. The predicted octanol–water partition coefficient (Wildman–Crippen LogP) is 2.46. The monoisotopic (exact) mass is 180 g/mol. The van der Waals surface area contributed by atoms with E-state index >= 15 is 0 Å². The molecular formula is C11H20N2. The molecule has 0 saturated heterocycles. The first-order valence-electron chi connectivity index (χ1n) is 5.39. The van der Waals surface area contributed by atoms with Gasteiger partial charge < -0.3 is 0 Å². The molecule has 1 N–H and O–H groups in total. The third kappa shape index (κ3) is 3.36. The van der Waals surface area contributed by atoms with Gasteiger partial charge in [-0.1, -0.05) is 19.3 Å². The Balaban J connectivity index is 2.29. The first-order chi connectivity index (χ1) is 6.24. The number of hydrogen-bond acceptors (Lipinski definition) is 2. The van der Waals surface area contributed by atoms with Crippen molar-refractivity contribution in [3.63, 3.8) is 0 Å². The molecule has 1 fully saturated rings. The number of nitriles is 1. The predicted molar refractivity (Wildman–Crippen MR) is 54.2 cm³/mol. The summed E-state index contributed by atoms with van der Waals surface area (Å²) >= 11 is 0. The van der Waals surface area contributed by atoms with E-state index in [-0.39, 0.29) is 6.04 Å². The molecule has 0 spiro atoms. The Morgan fingerprint density at radius 3 is 2.38 bits per heavy atom. The molecule has 1 aliphatic carbocycles. The highest BCUT2D eigenvalue weighted by Crippen LogP contribution is 2.26. The van der Waals surface area contributed by atoms with Crippen LogP contribution in [0, 0.1) is 17.2 Å². The molecule has 1 rings (SSSR count). The smallest absolute Gasteiger partial charge is 0.0926 e. The Kier molecular flexibility index (Phi) is 4.24. The van der Waals surface area contributed by atoms with Crippen LogP contribution in [0.2, 0.25) is 0 Å². The van der Waals surface area contributed by atoms with E-state index in [9.17, 15) is 0 Å². The van der Waals surface area contributed by atoms with Crippen molar-refractivity contribution in [1.29, 1.82) is 5.26 Å². The topological polar surface area (TPSA) is 35.8 Å². The van der Waals surface area contributed by atoms with Crippen LogP contribution in [-0.2, 0) is 0 Å². The summed E-state index contributed by atoms with van der Waals surface area (Å²) < 4.78 is 0. The lowest BCUT2D eigenvalue weighted by molar-refractivity contribution is 0.276. The van der Waals surface area contributed by atoms with Crippen LogP contribution in [-0.4, -0.2) is 12.1 Å². The van der Waals surface area contributed by atoms with Crippen LogP contribution >= 0.6 is 0 Å². The standard InChI is InChI=1S/C11H20N2/c1-9(8-12)13-10(2)11-6-4-3-5-7-11/h9-11,13H,3-7H2,1-2H3. The van der Waals surface area contributed by atoms with Gasteiger partial charge in [0.05, 0.1) is 12.1 Å². The minimum absolute atomic E-state index is 0.00285. The van der Waals surface area contributed by atoms with E-state index < -0.39 is 0 Å². The largest absolute Gasteiger partial charge is 0.299 e. The van der Waals surface area contributed by atoms with Gasteiger partial charge in [-0.15, -0.1) is 0 Å². The summed E-state index contributed by atoms with van der Waals surface area (Å²) in [4.78, 5) is 0. The Bertz CT molecular complexity index is 177. The van der Waals surface area contributed by atoms with Gasteiger partial charge in [0, 0.05) is 6.04 Å². The Hall–Kier alpha value is -0.550. The van der Waals surface area contributed by atoms with E-state index in [0.29, 0.717) is 6.04 Å². The fourth-order valence-corrected chi connectivity index (χ4v) is 2.20. The first kappa shape index (κ1) is 10.5. The minimum Gasteiger partial charge on any atom is -0.299 e. The summed E-state index contributed by atoms with van der Waals surface area (Å²) in [6.07, 6.45) is 6.82. The Labute approximate surface area is 81.3 Å². The van der Waals surface area contributed by atoms with E-state index in [1.807, 2.05) is 6.92 Å². The molecule has 2 heteroatoms. The number of nitrogens with one attached hydrogen (secondary N) is 1. The van der Waals surface area contributed by atoms with Crippen molar-refractivity contribution in [2.24, 2.45) is 5.92 Å². The zero-order valence-corrected chi connectivity index (χ0v) is 8.71. The quantitative estimate of drug-likeness (QED) is 0.724. The van der Waals surface area contributed by atoms with Crippen molar-refractivity contribution in [3.8, 4) is 6.07 Å². The van der Waals surface area contributed by atoms with Gasteiger partial charge >= 0.3 is 0 Å². The van der Waals surface area contributed by atoms with Gasteiger partial charge in [-0.25, -0.2) is 0 Å². The molecule has 0 aromatic carbocycles. The lowest BCUT2D eigenvalue weighted by atomic mass is 9.84. The molecule has 2 nitrogen and oxygen atoms in total. The van der Waals surface area contributed by atoms with Gasteiger partial charge in [0.25, 0.3) is 0 Å². The van der Waals surface area contributed by atoms with Gasteiger partial charge in [-0.2, -0.15) is 5.26 Å². The molecule has 0 aliphatic heterocycles. The normalized spacial score (nSPS) is 23.5. The molecule has 0 radical (unpaired) electrons. The van der Waals surface area contributed by atoms with Gasteiger partial charge in [0.15, 0.2) is 0 Å². The lowest BCUT2D eigenvalue weighted by Gasteiger charge is -2.29. The molecule has 2 unspecified atom stereocenters. The van der Waals surface area contributed by atoms with Gasteiger partial charge in [0.2, 0.25) is 0 Å². The lowest BCUT2D eigenvalue weighted by Crippen LogP contribution is -2.39. The van der Waals surface area contributed by atoms with Crippen LogP contribution in [0.1, 0.15) is 46.0 Å². The molecular weight excluding hydrogens is 160 g/mol. The highest BCUT2D eigenvalue weighted by atomic mass is 14.9. The summed E-state index contributed by atoms with van der Waals surface area (Å²) in [6, 6.07) is 2.73. The maximum Gasteiger partial charge on any atom is 0.0926 e. The molecule has 0 aromatic heterocycles. The van der Waals surface area contributed by atoms with Crippen molar-refractivity contribution >= 4 is 0 Å². The molecule has 1 aliphatic rings. The zero-order chi connectivity index (χ0) is 9.68. The van der Waals surface area contributed by atoms with Gasteiger partial charge in [-0.05, 0) is 32.6 Å². The number of hydrogen-bond donors (Lipinski definition) is 1. The third-order valence-corrected chi connectivity index (χ3v) is 3.06. The third-order valence-electron chi connectivity index (χ3n) is 3.06. The van der Waals surface area contributed by atoms with E-state index in [2.05, 4.69) is 18.3 Å². The first-order valence-corrected chi connectivity index (χ1v) is 5.39. The Morgan fingerprint density at radius 2 is 1.85 bits per heavy atom. The summed E-state index contributed by atoms with van der Waals surface area (Å²) in [5.74, 6) is 0.796. The van der Waals surface area contributed by atoms with Crippen molar-refractivity contribution in [3.05, 3.63) is 0 Å². The van der Waals surface area contributed by atoms with E-state index in [1.165, 1.54) is 32.1 Å². The molecule has 0 aromatic rings. The van der Waals surface area contributed by atoms with Crippen LogP contribution in [0.3, 0.4) is 0 Å². The summed E-state index contributed by atoms with van der Waals surface area (Å²) in [5.41, 5.74) is 0. The second-order valence-corrected chi connectivity index (χ2v) is 4.20. The molecule has 0 amide bonds. The highest BCUT2D eigenvalue weighted by Gasteiger charge is 2.20. The highest BCUT2D eigenvalue weighted by molar-refractivity contribution is 4.89. The Morgan fingerprint density at radius 1 is 1.23 bits per heavy atom. The maximum absolute atomic E-state index is 8.67. The van der Waals surface area contributed by atoms with Crippen LogP contribution in [0.4, 0.5) is 0 Å². The van der Waals surface area contributed by atoms with Gasteiger partial charge in [-0.3, -0.25) is 5.32 Å². The molecule has 74 valence electrons. The summed E-state index contributed by atoms with van der Waals surface area (Å²) in [5, 5.41) is 12.0. The van der Waals surface area contributed by atoms with Crippen molar-refractivity contribution in [2.75, 3.05) is 0 Å². The summed E-state index contributed by atoms with van der Waals surface area (Å²) in [7, 11) is 0. The fourth-order valence-electron chi connectivity index (χ4n) is 2.20. The SMILES string of the molecule is CC(C#N)NC(C)C1CCCCC1. The second kappa shape index (κ2) is 5.24.